The molecule has 0 aromatic carbocycles. The Morgan fingerprint density at radius 3 is 2.36 bits per heavy atom. The zero-order chi connectivity index (χ0) is 8.85. The molecule has 1 N–H and O–H groups in total. The molecular weight excluding hydrogens is 160 g/mol. The number of rotatable bonds is 5. The van der Waals surface area contributed by atoms with Crippen LogP contribution >= 0.6 is 11.8 Å². The van der Waals surface area contributed by atoms with E-state index in [2.05, 4.69) is 0 Å². The largest absolute Gasteiger partial charge is 0.480 e. The fraction of sp³-hybridized carbons (Fsp3) is 0.875. The van der Waals surface area contributed by atoms with E-state index in [1.807, 2.05) is 20.8 Å². The minimum atomic E-state index is -0.675. The van der Waals surface area contributed by atoms with Crippen molar-refractivity contribution in [2.24, 2.45) is 5.92 Å². The van der Waals surface area contributed by atoms with E-state index >= 15 is 0 Å². The molecule has 0 spiro atoms. The summed E-state index contributed by atoms with van der Waals surface area (Å²) in [5.41, 5.74) is 0. The molecule has 1 atom stereocenters. The molecule has 66 valence electrons. The number of carboxylic acids is 1. The molecule has 0 aliphatic carbocycles. The molecular formula is C8H16O2S. The Morgan fingerprint density at radius 2 is 2.09 bits per heavy atom. The summed E-state index contributed by atoms with van der Waals surface area (Å²) in [5, 5.41) is 8.52. The summed E-state index contributed by atoms with van der Waals surface area (Å²) in [6, 6.07) is 0. The highest BCUT2D eigenvalue weighted by Crippen LogP contribution is 2.18. The Kier molecular flexibility index (Phi) is 5.38. The van der Waals surface area contributed by atoms with Crippen LogP contribution in [-0.4, -0.2) is 22.1 Å². The van der Waals surface area contributed by atoms with Gasteiger partial charge >= 0.3 is 5.97 Å². The second-order valence-electron chi connectivity index (χ2n) is 2.91. The zero-order valence-corrected chi connectivity index (χ0v) is 8.15. The smallest absolute Gasteiger partial charge is 0.316 e. The summed E-state index contributed by atoms with van der Waals surface area (Å²) in [4.78, 5) is 10.6. The van der Waals surface area contributed by atoms with E-state index in [1.165, 1.54) is 11.8 Å². The van der Waals surface area contributed by atoms with Gasteiger partial charge in [-0.15, -0.1) is 11.8 Å². The normalized spacial score (nSPS) is 13.5. The van der Waals surface area contributed by atoms with Crippen molar-refractivity contribution in [2.45, 2.75) is 32.4 Å². The van der Waals surface area contributed by atoms with Gasteiger partial charge in [0.1, 0.15) is 5.25 Å². The van der Waals surface area contributed by atoms with Crippen LogP contribution in [0.3, 0.4) is 0 Å². The van der Waals surface area contributed by atoms with Crippen molar-refractivity contribution in [3.05, 3.63) is 0 Å². The number of thioether (sulfide) groups is 1. The predicted octanol–water partition coefficient (Wildman–Crippen LogP) is 2.24. The standard InChI is InChI=1S/C8H16O2S/c1-4-11-7(8(9)10)5-6(2)3/h6-7H,4-5H2,1-3H3,(H,9,10)/t7-/m0/s1. The third kappa shape index (κ3) is 5.13. The van der Waals surface area contributed by atoms with Gasteiger partial charge in [-0.25, -0.2) is 0 Å². The molecule has 3 heteroatoms. The molecule has 0 saturated heterocycles. The summed E-state index contributed by atoms with van der Waals surface area (Å²) in [6.07, 6.45) is 0.772. The predicted molar refractivity (Wildman–Crippen MR) is 49.0 cm³/mol. The molecule has 0 radical (unpaired) electrons. The monoisotopic (exact) mass is 176 g/mol. The highest BCUT2D eigenvalue weighted by molar-refractivity contribution is 8.00. The van der Waals surface area contributed by atoms with Gasteiger partial charge in [0.2, 0.25) is 0 Å². The Morgan fingerprint density at radius 1 is 1.55 bits per heavy atom. The molecule has 0 aliphatic rings. The van der Waals surface area contributed by atoms with E-state index in [0.717, 1.165) is 12.2 Å². The molecule has 0 heterocycles. The van der Waals surface area contributed by atoms with Crippen LogP contribution in [0, 0.1) is 5.92 Å². The van der Waals surface area contributed by atoms with E-state index in [9.17, 15) is 4.79 Å². The van der Waals surface area contributed by atoms with Crippen molar-refractivity contribution < 1.29 is 9.90 Å². The highest BCUT2D eigenvalue weighted by atomic mass is 32.2. The second kappa shape index (κ2) is 5.47. The second-order valence-corrected chi connectivity index (χ2v) is 4.39. The van der Waals surface area contributed by atoms with Crippen molar-refractivity contribution in [3.63, 3.8) is 0 Å². The first-order valence-electron chi connectivity index (χ1n) is 3.92. The van der Waals surface area contributed by atoms with Crippen molar-refractivity contribution in [1.82, 2.24) is 0 Å². The lowest BCUT2D eigenvalue weighted by atomic mass is 10.1. The first-order chi connectivity index (χ1) is 5.07. The number of carboxylic acid groups (broad SMARTS) is 1. The maximum atomic E-state index is 10.6. The first kappa shape index (κ1) is 10.8. The van der Waals surface area contributed by atoms with Crippen LogP contribution in [0.2, 0.25) is 0 Å². The maximum absolute atomic E-state index is 10.6. The van der Waals surface area contributed by atoms with Crippen molar-refractivity contribution in [1.29, 1.82) is 0 Å². The van der Waals surface area contributed by atoms with Crippen LogP contribution in [0.15, 0.2) is 0 Å². The van der Waals surface area contributed by atoms with Crippen LogP contribution in [-0.2, 0) is 4.79 Å². The van der Waals surface area contributed by atoms with Crippen LogP contribution in [0.1, 0.15) is 27.2 Å². The van der Waals surface area contributed by atoms with E-state index < -0.39 is 5.97 Å². The fourth-order valence-corrected chi connectivity index (χ4v) is 1.94. The lowest BCUT2D eigenvalue weighted by Crippen LogP contribution is -2.18. The minimum Gasteiger partial charge on any atom is -0.480 e. The summed E-state index contributed by atoms with van der Waals surface area (Å²) < 4.78 is 0. The zero-order valence-electron chi connectivity index (χ0n) is 7.33. The first-order valence-corrected chi connectivity index (χ1v) is 4.97. The number of aliphatic carboxylic acids is 1. The quantitative estimate of drug-likeness (QED) is 0.698. The maximum Gasteiger partial charge on any atom is 0.316 e. The molecule has 0 aromatic rings. The van der Waals surface area contributed by atoms with E-state index in [4.69, 9.17) is 5.11 Å². The van der Waals surface area contributed by atoms with Crippen LogP contribution in [0.25, 0.3) is 0 Å². The van der Waals surface area contributed by atoms with Gasteiger partial charge in [-0.2, -0.15) is 0 Å². The SMILES string of the molecule is CCS[C@@H](CC(C)C)C(=O)O. The fourth-order valence-electron chi connectivity index (χ4n) is 0.869. The molecule has 2 nitrogen and oxygen atoms in total. The van der Waals surface area contributed by atoms with Gasteiger partial charge in [-0.05, 0) is 18.1 Å². The third-order valence-corrected chi connectivity index (χ3v) is 2.46. The third-order valence-electron chi connectivity index (χ3n) is 1.33. The Bertz CT molecular complexity index is 123. The molecule has 11 heavy (non-hydrogen) atoms. The summed E-state index contributed by atoms with van der Waals surface area (Å²) in [6.45, 7) is 6.08. The number of hydrogen-bond acceptors (Lipinski definition) is 2. The summed E-state index contributed by atoms with van der Waals surface area (Å²) in [5.74, 6) is 0.671. The molecule has 0 unspecified atom stereocenters. The van der Waals surface area contributed by atoms with E-state index in [1.54, 1.807) is 0 Å². The summed E-state index contributed by atoms with van der Waals surface area (Å²) >= 11 is 1.51. The van der Waals surface area contributed by atoms with Crippen LogP contribution in [0.4, 0.5) is 0 Å². The number of hydrogen-bond donors (Lipinski definition) is 1. The van der Waals surface area contributed by atoms with Crippen molar-refractivity contribution in [2.75, 3.05) is 5.75 Å². The Balaban J connectivity index is 3.79. The Labute approximate surface area is 72.4 Å². The summed E-state index contributed by atoms with van der Waals surface area (Å²) in [7, 11) is 0. The topological polar surface area (TPSA) is 37.3 Å². The van der Waals surface area contributed by atoms with Crippen molar-refractivity contribution >= 4 is 17.7 Å². The highest BCUT2D eigenvalue weighted by Gasteiger charge is 2.17. The van der Waals surface area contributed by atoms with Gasteiger partial charge in [0, 0.05) is 0 Å². The van der Waals surface area contributed by atoms with E-state index in [-0.39, 0.29) is 5.25 Å². The van der Waals surface area contributed by atoms with Gasteiger partial charge in [0.25, 0.3) is 0 Å². The molecule has 0 amide bonds. The molecule has 0 bridgehead atoms. The molecule has 0 aromatic heterocycles. The lowest BCUT2D eigenvalue weighted by Gasteiger charge is -2.12. The van der Waals surface area contributed by atoms with Gasteiger partial charge < -0.3 is 5.11 Å². The average molecular weight is 176 g/mol. The van der Waals surface area contributed by atoms with Gasteiger partial charge in [-0.1, -0.05) is 20.8 Å². The number of carbonyl (C=O) groups is 1. The Hall–Kier alpha value is -0.180. The molecule has 0 rings (SSSR count). The van der Waals surface area contributed by atoms with Gasteiger partial charge in [0.15, 0.2) is 0 Å². The van der Waals surface area contributed by atoms with Crippen LogP contribution in [0.5, 0.6) is 0 Å². The molecule has 0 saturated carbocycles. The molecule has 0 aliphatic heterocycles. The van der Waals surface area contributed by atoms with Crippen LogP contribution < -0.4 is 0 Å². The minimum absolute atomic E-state index is 0.208. The van der Waals surface area contributed by atoms with Gasteiger partial charge in [-0.3, -0.25) is 4.79 Å². The average Bonchev–Trinajstić information content (AvgIpc) is 1.86. The van der Waals surface area contributed by atoms with Crippen molar-refractivity contribution in [3.8, 4) is 0 Å². The molecule has 0 fully saturated rings. The van der Waals surface area contributed by atoms with Gasteiger partial charge in [0.05, 0.1) is 0 Å². The van der Waals surface area contributed by atoms with E-state index in [0.29, 0.717) is 5.92 Å². The lowest BCUT2D eigenvalue weighted by molar-refractivity contribution is -0.136.